The van der Waals surface area contributed by atoms with Gasteiger partial charge < -0.3 is 10.1 Å². The minimum atomic E-state index is -0.524. The summed E-state index contributed by atoms with van der Waals surface area (Å²) in [6.07, 6.45) is 0. The Kier molecular flexibility index (Phi) is 7.51. The number of ether oxygens (including phenoxy) is 1. The lowest BCUT2D eigenvalue weighted by molar-refractivity contribution is -0.384. The molecule has 176 valence electrons. The van der Waals surface area contributed by atoms with Gasteiger partial charge in [0.25, 0.3) is 5.69 Å². The summed E-state index contributed by atoms with van der Waals surface area (Å²) in [6.45, 7) is 3.26. The Morgan fingerprint density at radius 1 is 0.971 bits per heavy atom. The van der Waals surface area contributed by atoms with Crippen LogP contribution >= 0.6 is 0 Å². The molecule has 4 rings (SSSR count). The highest BCUT2D eigenvalue weighted by Crippen LogP contribution is 2.30. The summed E-state index contributed by atoms with van der Waals surface area (Å²) in [6, 6.07) is 25.4. The lowest BCUT2D eigenvalue weighted by Crippen LogP contribution is -2.49. The minimum absolute atomic E-state index is 0.153. The fraction of sp³-hybridized carbons (Fsp3) is 0.269. The fourth-order valence-corrected chi connectivity index (χ4v) is 4.35. The van der Waals surface area contributed by atoms with Crippen molar-refractivity contribution in [1.82, 2.24) is 9.80 Å². The number of nitrogens with one attached hydrogen (secondary N) is 1. The molecule has 8 nitrogen and oxygen atoms in total. The molecule has 34 heavy (non-hydrogen) atoms. The molecular formula is C26H28N4O4. The van der Waals surface area contributed by atoms with Crippen molar-refractivity contribution in [1.29, 1.82) is 0 Å². The molecule has 1 aliphatic heterocycles. The Morgan fingerprint density at radius 2 is 1.56 bits per heavy atom. The van der Waals surface area contributed by atoms with E-state index in [0.29, 0.717) is 5.75 Å². The number of hydrogen-bond donors (Lipinski definition) is 1. The smallest absolute Gasteiger partial charge is 0.296 e. The maximum absolute atomic E-state index is 12.6. The first-order valence-electron chi connectivity index (χ1n) is 11.2. The molecule has 0 unspecified atom stereocenters. The maximum atomic E-state index is 12.6. The van der Waals surface area contributed by atoms with Crippen molar-refractivity contribution in [2.24, 2.45) is 0 Å². The second-order valence-corrected chi connectivity index (χ2v) is 8.22. The summed E-state index contributed by atoms with van der Waals surface area (Å²) < 4.78 is 5.05. The third-order valence-electron chi connectivity index (χ3n) is 6.05. The van der Waals surface area contributed by atoms with Crippen molar-refractivity contribution in [3.8, 4) is 5.75 Å². The highest BCUT2D eigenvalue weighted by molar-refractivity contribution is 5.94. The van der Waals surface area contributed by atoms with Crippen LogP contribution in [0.3, 0.4) is 0 Å². The molecule has 0 aromatic heterocycles. The zero-order chi connectivity index (χ0) is 23.9. The Hall–Kier alpha value is -3.75. The number of nitro groups is 1. The van der Waals surface area contributed by atoms with E-state index in [1.165, 1.54) is 30.4 Å². The highest BCUT2D eigenvalue weighted by atomic mass is 16.6. The average molecular weight is 461 g/mol. The van der Waals surface area contributed by atoms with Gasteiger partial charge in [0.05, 0.1) is 30.7 Å². The van der Waals surface area contributed by atoms with Gasteiger partial charge in [-0.15, -0.1) is 0 Å². The third kappa shape index (κ3) is 5.59. The third-order valence-corrected chi connectivity index (χ3v) is 6.05. The second kappa shape index (κ2) is 10.9. The van der Waals surface area contributed by atoms with E-state index in [1.807, 2.05) is 12.1 Å². The number of piperazine rings is 1. The van der Waals surface area contributed by atoms with Crippen molar-refractivity contribution in [2.75, 3.05) is 45.2 Å². The molecule has 0 bridgehead atoms. The summed E-state index contributed by atoms with van der Waals surface area (Å²) in [5, 5.41) is 14.1. The fourth-order valence-electron chi connectivity index (χ4n) is 4.35. The molecule has 0 atom stereocenters. The monoisotopic (exact) mass is 460 g/mol. The van der Waals surface area contributed by atoms with Crippen LogP contribution in [0.2, 0.25) is 0 Å². The van der Waals surface area contributed by atoms with Crippen LogP contribution in [0.1, 0.15) is 17.2 Å². The molecule has 0 saturated carbocycles. The molecule has 3 aromatic carbocycles. The van der Waals surface area contributed by atoms with E-state index in [-0.39, 0.29) is 29.9 Å². The topological polar surface area (TPSA) is 88.0 Å². The van der Waals surface area contributed by atoms with Crippen LogP contribution in [-0.4, -0.2) is 60.5 Å². The van der Waals surface area contributed by atoms with Gasteiger partial charge in [-0.05, 0) is 23.3 Å². The van der Waals surface area contributed by atoms with Crippen LogP contribution in [-0.2, 0) is 4.79 Å². The van der Waals surface area contributed by atoms with Crippen molar-refractivity contribution in [3.63, 3.8) is 0 Å². The van der Waals surface area contributed by atoms with Gasteiger partial charge in [-0.2, -0.15) is 0 Å². The van der Waals surface area contributed by atoms with Gasteiger partial charge >= 0.3 is 0 Å². The van der Waals surface area contributed by atoms with Crippen molar-refractivity contribution < 1.29 is 14.5 Å². The van der Waals surface area contributed by atoms with Crippen molar-refractivity contribution >= 4 is 17.3 Å². The molecule has 1 heterocycles. The Balaban J connectivity index is 1.39. The number of benzene rings is 3. The van der Waals surface area contributed by atoms with Gasteiger partial charge in [0.15, 0.2) is 0 Å². The molecule has 0 aliphatic carbocycles. The minimum Gasteiger partial charge on any atom is -0.496 e. The molecule has 0 radical (unpaired) electrons. The predicted octanol–water partition coefficient (Wildman–Crippen LogP) is 3.95. The molecule has 1 amide bonds. The number of methoxy groups -OCH3 is 1. The highest BCUT2D eigenvalue weighted by Gasteiger charge is 2.27. The van der Waals surface area contributed by atoms with Crippen molar-refractivity contribution in [2.45, 2.75) is 6.04 Å². The summed E-state index contributed by atoms with van der Waals surface area (Å²) in [5.41, 5.74) is 2.46. The van der Waals surface area contributed by atoms with E-state index < -0.39 is 4.92 Å². The SMILES string of the molecule is COc1ccc(NC(=O)CN2CCN(C(c3ccccc3)c3ccccc3)CC2)c([N+](=O)[O-])c1. The van der Waals surface area contributed by atoms with Crippen LogP contribution in [0.25, 0.3) is 0 Å². The number of carbonyl (C=O) groups is 1. The normalized spacial score (nSPS) is 14.6. The lowest BCUT2D eigenvalue weighted by Gasteiger charge is -2.39. The first-order chi connectivity index (χ1) is 16.5. The zero-order valence-corrected chi connectivity index (χ0v) is 19.1. The second-order valence-electron chi connectivity index (χ2n) is 8.22. The summed E-state index contributed by atoms with van der Waals surface area (Å²) in [4.78, 5) is 28.0. The summed E-state index contributed by atoms with van der Waals surface area (Å²) in [7, 11) is 1.44. The Morgan fingerprint density at radius 3 is 2.09 bits per heavy atom. The number of anilines is 1. The number of nitrogens with zero attached hydrogens (tertiary/aromatic N) is 3. The lowest BCUT2D eigenvalue weighted by atomic mass is 9.96. The molecule has 8 heteroatoms. The standard InChI is InChI=1S/C26H28N4O4/c1-34-22-12-13-23(24(18-22)30(32)33)27-25(31)19-28-14-16-29(17-15-28)26(20-8-4-2-5-9-20)21-10-6-3-7-11-21/h2-13,18,26H,14-17,19H2,1H3,(H,27,31). The van der Waals surface area contributed by atoms with Crippen LogP contribution in [0, 0.1) is 10.1 Å². The van der Waals surface area contributed by atoms with E-state index >= 15 is 0 Å². The molecular weight excluding hydrogens is 432 g/mol. The first kappa shape index (κ1) is 23.4. The average Bonchev–Trinajstić information content (AvgIpc) is 2.86. The van der Waals surface area contributed by atoms with E-state index in [0.717, 1.165) is 26.2 Å². The molecule has 1 saturated heterocycles. The van der Waals surface area contributed by atoms with Gasteiger partial charge in [0.1, 0.15) is 11.4 Å². The van der Waals surface area contributed by atoms with Gasteiger partial charge in [-0.1, -0.05) is 60.7 Å². The van der Waals surface area contributed by atoms with Crippen LogP contribution in [0.5, 0.6) is 5.75 Å². The number of amides is 1. The van der Waals surface area contributed by atoms with Crippen LogP contribution < -0.4 is 10.1 Å². The summed E-state index contributed by atoms with van der Waals surface area (Å²) >= 11 is 0. The Bertz CT molecular complexity index is 1080. The van der Waals surface area contributed by atoms with E-state index in [4.69, 9.17) is 4.74 Å². The summed E-state index contributed by atoms with van der Waals surface area (Å²) in [5.74, 6) is 0.0941. The maximum Gasteiger partial charge on any atom is 0.296 e. The van der Waals surface area contributed by atoms with Gasteiger partial charge in [-0.25, -0.2) is 0 Å². The molecule has 1 fully saturated rings. The van der Waals surface area contributed by atoms with Gasteiger partial charge in [-0.3, -0.25) is 24.7 Å². The molecule has 1 N–H and O–H groups in total. The predicted molar refractivity (Wildman–Crippen MR) is 131 cm³/mol. The number of hydrogen-bond acceptors (Lipinski definition) is 6. The molecule has 3 aromatic rings. The van der Waals surface area contributed by atoms with Gasteiger partial charge in [0.2, 0.25) is 5.91 Å². The number of carbonyl (C=O) groups excluding carboxylic acids is 1. The zero-order valence-electron chi connectivity index (χ0n) is 19.1. The van der Waals surface area contributed by atoms with Crippen LogP contribution in [0.15, 0.2) is 78.9 Å². The van der Waals surface area contributed by atoms with E-state index in [1.54, 1.807) is 6.07 Å². The molecule has 1 aliphatic rings. The van der Waals surface area contributed by atoms with E-state index in [2.05, 4.69) is 63.6 Å². The number of rotatable bonds is 8. The molecule has 0 spiro atoms. The van der Waals surface area contributed by atoms with Crippen LogP contribution in [0.4, 0.5) is 11.4 Å². The number of nitro benzene ring substituents is 1. The largest absolute Gasteiger partial charge is 0.496 e. The Labute approximate surface area is 198 Å². The quantitative estimate of drug-likeness (QED) is 0.405. The van der Waals surface area contributed by atoms with Crippen molar-refractivity contribution in [3.05, 3.63) is 100 Å². The van der Waals surface area contributed by atoms with E-state index in [9.17, 15) is 14.9 Å². The first-order valence-corrected chi connectivity index (χ1v) is 11.2. The van der Waals surface area contributed by atoms with Gasteiger partial charge in [0, 0.05) is 26.2 Å².